The number of ether oxygens (including phenoxy) is 5. The topological polar surface area (TPSA) is 95.6 Å². The molecule has 9 nitrogen and oxygen atoms in total. The number of likely N-dealkylation sites (N-methyl/N-ethyl adjacent to an activating group) is 1. The second kappa shape index (κ2) is 10.6. The van der Waals surface area contributed by atoms with Crippen molar-refractivity contribution in [3.8, 4) is 23.0 Å². The number of hydrogen-bond donors (Lipinski definition) is 1. The molecule has 0 fully saturated rings. The van der Waals surface area contributed by atoms with Crippen LogP contribution in [0.3, 0.4) is 0 Å². The van der Waals surface area contributed by atoms with Crippen molar-refractivity contribution in [3.05, 3.63) is 59.3 Å². The van der Waals surface area contributed by atoms with Gasteiger partial charge in [0.15, 0.2) is 11.5 Å². The largest absolute Gasteiger partial charge is 0.497 e. The molecule has 0 aromatic heterocycles. The number of carbonyl (C=O) groups excluding carboxylic acids is 2. The smallest absolute Gasteiger partial charge is 0.338 e. The molecule has 0 saturated carbocycles. The maximum Gasteiger partial charge on any atom is 0.338 e. The molecule has 3 rings (SSSR count). The first-order chi connectivity index (χ1) is 15.9. The highest BCUT2D eigenvalue weighted by atomic mass is 16.5. The summed E-state index contributed by atoms with van der Waals surface area (Å²) in [4.78, 5) is 27.3. The van der Waals surface area contributed by atoms with E-state index in [0.717, 1.165) is 0 Å². The number of amides is 2. The van der Waals surface area contributed by atoms with Crippen LogP contribution in [0.4, 0.5) is 4.79 Å². The van der Waals surface area contributed by atoms with E-state index in [-0.39, 0.29) is 18.8 Å². The van der Waals surface area contributed by atoms with Gasteiger partial charge in [0.1, 0.15) is 18.1 Å². The molecule has 1 heterocycles. The molecule has 2 amide bonds. The van der Waals surface area contributed by atoms with Crippen molar-refractivity contribution in [1.29, 1.82) is 0 Å². The fraction of sp³-hybridized carbons (Fsp3) is 0.333. The van der Waals surface area contributed by atoms with Crippen molar-refractivity contribution in [3.63, 3.8) is 0 Å². The summed E-state index contributed by atoms with van der Waals surface area (Å²) < 4.78 is 27.4. The lowest BCUT2D eigenvalue weighted by Crippen LogP contribution is -2.48. The number of nitrogens with one attached hydrogen (secondary N) is 1. The van der Waals surface area contributed by atoms with Crippen molar-refractivity contribution in [1.82, 2.24) is 10.2 Å². The zero-order valence-corrected chi connectivity index (χ0v) is 19.3. The molecule has 2 aromatic carbocycles. The van der Waals surface area contributed by atoms with Crippen LogP contribution >= 0.6 is 0 Å². The number of rotatable bonds is 9. The van der Waals surface area contributed by atoms with Gasteiger partial charge in [0.2, 0.25) is 0 Å². The first-order valence-electron chi connectivity index (χ1n) is 10.4. The van der Waals surface area contributed by atoms with Gasteiger partial charge in [-0.05, 0) is 36.8 Å². The van der Waals surface area contributed by atoms with Gasteiger partial charge in [0.25, 0.3) is 0 Å². The lowest BCUT2D eigenvalue weighted by molar-refractivity contribution is -0.139. The van der Waals surface area contributed by atoms with Crippen LogP contribution in [0, 0.1) is 0 Å². The minimum atomic E-state index is -0.798. The quantitative estimate of drug-likeness (QED) is 0.579. The predicted octanol–water partition coefficient (Wildman–Crippen LogP) is 3.30. The third-order valence-electron chi connectivity index (χ3n) is 5.21. The molecule has 33 heavy (non-hydrogen) atoms. The first-order valence-corrected chi connectivity index (χ1v) is 10.4. The van der Waals surface area contributed by atoms with Crippen molar-refractivity contribution in [2.24, 2.45) is 0 Å². The minimum absolute atomic E-state index is 0.0595. The standard InChI is InChI=1S/C24H28N2O7/c1-6-32-23(27)21-18(14-33-20-10-8-7-9-19(20)31-5)26(2)24(28)25-22(21)15-11-16(29-3)13-17(12-15)30-4/h7-13,22H,6,14H2,1-5H3,(H,25,28)/t22-/m0/s1. The van der Waals surface area contributed by atoms with E-state index in [4.69, 9.17) is 23.7 Å². The maximum absolute atomic E-state index is 13.1. The van der Waals surface area contributed by atoms with E-state index >= 15 is 0 Å². The summed E-state index contributed by atoms with van der Waals surface area (Å²) >= 11 is 0. The Bertz CT molecular complexity index is 1030. The van der Waals surface area contributed by atoms with Crippen LogP contribution in [-0.2, 0) is 9.53 Å². The third kappa shape index (κ3) is 5.14. The van der Waals surface area contributed by atoms with Gasteiger partial charge >= 0.3 is 12.0 Å². The fourth-order valence-electron chi connectivity index (χ4n) is 3.51. The highest BCUT2D eigenvalue weighted by Gasteiger charge is 2.37. The summed E-state index contributed by atoms with van der Waals surface area (Å²) in [5, 5.41) is 2.86. The van der Waals surface area contributed by atoms with E-state index in [1.165, 1.54) is 26.2 Å². The molecular weight excluding hydrogens is 428 g/mol. The molecule has 0 spiro atoms. The van der Waals surface area contributed by atoms with Crippen molar-refractivity contribution in [2.45, 2.75) is 13.0 Å². The van der Waals surface area contributed by atoms with Gasteiger partial charge in [-0.15, -0.1) is 0 Å². The molecule has 0 saturated heterocycles. The maximum atomic E-state index is 13.1. The Kier molecular flexibility index (Phi) is 7.66. The van der Waals surface area contributed by atoms with E-state index < -0.39 is 18.0 Å². The Labute approximate surface area is 192 Å². The number of para-hydroxylation sites is 2. The molecule has 0 bridgehead atoms. The molecule has 1 aliphatic heterocycles. The summed E-state index contributed by atoms with van der Waals surface area (Å²) in [5.41, 5.74) is 1.23. The molecule has 0 aliphatic carbocycles. The average Bonchev–Trinajstić information content (AvgIpc) is 2.84. The van der Waals surface area contributed by atoms with Crippen molar-refractivity contribution in [2.75, 3.05) is 41.6 Å². The van der Waals surface area contributed by atoms with E-state index in [2.05, 4.69) is 5.32 Å². The summed E-state index contributed by atoms with van der Waals surface area (Å²) in [6, 6.07) is 11.1. The molecule has 1 atom stereocenters. The molecular formula is C24H28N2O7. The Hall–Kier alpha value is -3.88. The monoisotopic (exact) mass is 456 g/mol. The highest BCUT2D eigenvalue weighted by Crippen LogP contribution is 2.35. The molecule has 2 aromatic rings. The van der Waals surface area contributed by atoms with Gasteiger partial charge < -0.3 is 29.0 Å². The summed E-state index contributed by atoms with van der Waals surface area (Å²) in [6.07, 6.45) is 0. The van der Waals surface area contributed by atoms with Gasteiger partial charge in [-0.1, -0.05) is 12.1 Å². The number of hydrogen-bond acceptors (Lipinski definition) is 7. The number of esters is 1. The predicted molar refractivity (Wildman–Crippen MR) is 121 cm³/mol. The highest BCUT2D eigenvalue weighted by molar-refractivity contribution is 5.95. The lowest BCUT2D eigenvalue weighted by Gasteiger charge is -2.34. The van der Waals surface area contributed by atoms with Crippen LogP contribution in [0.25, 0.3) is 0 Å². The van der Waals surface area contributed by atoms with Gasteiger partial charge in [-0.3, -0.25) is 4.90 Å². The van der Waals surface area contributed by atoms with Crippen LogP contribution < -0.4 is 24.3 Å². The van der Waals surface area contributed by atoms with Crippen molar-refractivity contribution < 1.29 is 33.3 Å². The Balaban J connectivity index is 2.10. The third-order valence-corrected chi connectivity index (χ3v) is 5.21. The number of benzene rings is 2. The molecule has 0 radical (unpaired) electrons. The number of urea groups is 1. The second-order valence-electron chi connectivity index (χ2n) is 7.11. The number of methoxy groups -OCH3 is 3. The zero-order valence-electron chi connectivity index (χ0n) is 19.3. The van der Waals surface area contributed by atoms with Gasteiger partial charge in [0.05, 0.1) is 45.2 Å². The second-order valence-corrected chi connectivity index (χ2v) is 7.11. The van der Waals surface area contributed by atoms with Crippen molar-refractivity contribution >= 4 is 12.0 Å². The van der Waals surface area contributed by atoms with E-state index in [0.29, 0.717) is 34.3 Å². The fourth-order valence-corrected chi connectivity index (χ4v) is 3.51. The van der Waals surface area contributed by atoms with Gasteiger partial charge in [-0.2, -0.15) is 0 Å². The zero-order chi connectivity index (χ0) is 24.0. The van der Waals surface area contributed by atoms with Crippen LogP contribution in [0.1, 0.15) is 18.5 Å². The molecule has 0 unspecified atom stereocenters. The van der Waals surface area contributed by atoms with Crippen LogP contribution in [0.15, 0.2) is 53.7 Å². The van der Waals surface area contributed by atoms with Crippen LogP contribution in [-0.4, -0.2) is 58.5 Å². The Morgan fingerprint density at radius 1 is 1.00 bits per heavy atom. The average molecular weight is 456 g/mol. The number of carbonyl (C=O) groups is 2. The molecule has 9 heteroatoms. The SMILES string of the molecule is CCOC(=O)C1=C(COc2ccccc2OC)N(C)C(=O)N[C@H]1c1cc(OC)cc(OC)c1. The summed E-state index contributed by atoms with van der Waals surface area (Å²) in [6.45, 7) is 1.84. The Morgan fingerprint density at radius 2 is 1.64 bits per heavy atom. The number of nitrogens with zero attached hydrogens (tertiary/aromatic N) is 1. The molecule has 1 N–H and O–H groups in total. The normalized spacial score (nSPS) is 15.6. The first kappa shape index (κ1) is 23.8. The van der Waals surface area contributed by atoms with E-state index in [1.807, 2.05) is 6.07 Å². The lowest BCUT2D eigenvalue weighted by atomic mass is 9.94. The molecule has 1 aliphatic rings. The van der Waals surface area contributed by atoms with Gasteiger partial charge in [-0.25, -0.2) is 9.59 Å². The van der Waals surface area contributed by atoms with E-state index in [9.17, 15) is 9.59 Å². The van der Waals surface area contributed by atoms with E-state index in [1.54, 1.807) is 50.4 Å². The summed E-state index contributed by atoms with van der Waals surface area (Å²) in [5.74, 6) is 1.50. The summed E-state index contributed by atoms with van der Waals surface area (Å²) in [7, 11) is 6.16. The van der Waals surface area contributed by atoms with Crippen LogP contribution in [0.5, 0.6) is 23.0 Å². The van der Waals surface area contributed by atoms with Crippen LogP contribution in [0.2, 0.25) is 0 Å². The van der Waals surface area contributed by atoms with Gasteiger partial charge in [0, 0.05) is 13.1 Å². The Morgan fingerprint density at radius 3 is 2.21 bits per heavy atom. The minimum Gasteiger partial charge on any atom is -0.497 e. The molecule has 176 valence electrons.